The molecule has 1 unspecified atom stereocenters. The summed E-state index contributed by atoms with van der Waals surface area (Å²) in [6.45, 7) is 3.89. The number of nitrogens with two attached hydrogens (primary N) is 1. The molecule has 4 nitrogen and oxygen atoms in total. The van der Waals surface area contributed by atoms with Crippen LogP contribution in [0.4, 0.5) is 0 Å². The Kier molecular flexibility index (Phi) is 5.14. The van der Waals surface area contributed by atoms with E-state index in [-0.39, 0.29) is 6.04 Å². The summed E-state index contributed by atoms with van der Waals surface area (Å²) in [4.78, 5) is 19.4. The molecule has 2 fully saturated rings. The van der Waals surface area contributed by atoms with Crippen LogP contribution in [0.1, 0.15) is 62.1 Å². The van der Waals surface area contributed by atoms with Gasteiger partial charge in [-0.1, -0.05) is 13.3 Å². The van der Waals surface area contributed by atoms with Crippen molar-refractivity contribution in [3.05, 3.63) is 16.1 Å². The van der Waals surface area contributed by atoms with E-state index in [1.165, 1.54) is 17.1 Å². The van der Waals surface area contributed by atoms with Crippen molar-refractivity contribution in [2.24, 2.45) is 11.7 Å². The maximum atomic E-state index is 12.6. The predicted molar refractivity (Wildman–Crippen MR) is 90.0 cm³/mol. The number of carbonyl (C=O) groups excluding carboxylic acids is 1. The maximum Gasteiger partial charge on any atom is 0.222 e. The van der Waals surface area contributed by atoms with Crippen LogP contribution >= 0.6 is 11.3 Å². The molecule has 2 heterocycles. The number of hydrogen-bond donors (Lipinski definition) is 1. The number of piperidine rings is 1. The molecule has 1 aliphatic carbocycles. The molecular formula is C17H27N3OS. The highest BCUT2D eigenvalue weighted by molar-refractivity contribution is 7.09. The van der Waals surface area contributed by atoms with Gasteiger partial charge in [-0.25, -0.2) is 4.98 Å². The van der Waals surface area contributed by atoms with Crippen molar-refractivity contribution in [2.75, 3.05) is 13.1 Å². The zero-order valence-corrected chi connectivity index (χ0v) is 14.3. The van der Waals surface area contributed by atoms with E-state index in [2.05, 4.69) is 17.2 Å². The minimum Gasteiger partial charge on any atom is -0.342 e. The first kappa shape index (κ1) is 15.9. The van der Waals surface area contributed by atoms with Gasteiger partial charge in [-0.3, -0.25) is 4.79 Å². The molecule has 3 rings (SSSR count). The van der Waals surface area contributed by atoms with Crippen LogP contribution in [-0.2, 0) is 11.2 Å². The molecule has 3 atom stereocenters. The van der Waals surface area contributed by atoms with E-state index < -0.39 is 0 Å². The molecule has 122 valence electrons. The summed E-state index contributed by atoms with van der Waals surface area (Å²) in [6, 6.07) is 0.232. The molecule has 1 saturated carbocycles. The van der Waals surface area contributed by atoms with Crippen LogP contribution in [0, 0.1) is 5.92 Å². The summed E-state index contributed by atoms with van der Waals surface area (Å²) in [6.07, 6.45) is 7.27. The highest BCUT2D eigenvalue weighted by atomic mass is 32.1. The third kappa shape index (κ3) is 3.51. The summed E-state index contributed by atoms with van der Waals surface area (Å²) >= 11 is 1.76. The van der Waals surface area contributed by atoms with Gasteiger partial charge in [-0.2, -0.15) is 0 Å². The molecule has 2 aliphatic rings. The number of hydrogen-bond acceptors (Lipinski definition) is 4. The molecule has 2 N–H and O–H groups in total. The molecule has 5 heteroatoms. The van der Waals surface area contributed by atoms with Gasteiger partial charge in [0.15, 0.2) is 0 Å². The summed E-state index contributed by atoms with van der Waals surface area (Å²) in [5.41, 5.74) is 7.30. The fraction of sp³-hybridized carbons (Fsp3) is 0.765. The molecule has 0 aromatic carbocycles. The monoisotopic (exact) mass is 321 g/mol. The van der Waals surface area contributed by atoms with Gasteiger partial charge in [0.25, 0.3) is 0 Å². The number of likely N-dealkylation sites (tertiary alicyclic amines) is 1. The summed E-state index contributed by atoms with van der Waals surface area (Å²) in [7, 11) is 0. The molecule has 0 radical (unpaired) electrons. The first-order valence-corrected chi connectivity index (χ1v) is 9.53. The molecule has 0 bridgehead atoms. The highest BCUT2D eigenvalue weighted by Crippen LogP contribution is 2.31. The predicted octanol–water partition coefficient (Wildman–Crippen LogP) is 2.93. The zero-order valence-electron chi connectivity index (χ0n) is 13.5. The lowest BCUT2D eigenvalue weighted by molar-refractivity contribution is -0.133. The van der Waals surface area contributed by atoms with Crippen LogP contribution in [0.3, 0.4) is 0 Å². The second kappa shape index (κ2) is 7.09. The van der Waals surface area contributed by atoms with Crippen molar-refractivity contribution in [3.63, 3.8) is 0 Å². The lowest BCUT2D eigenvalue weighted by Crippen LogP contribution is -2.41. The molecular weight excluding hydrogens is 294 g/mol. The largest absolute Gasteiger partial charge is 0.342 e. The average molecular weight is 321 g/mol. The molecule has 1 saturated heterocycles. The van der Waals surface area contributed by atoms with Gasteiger partial charge in [0.1, 0.15) is 0 Å². The van der Waals surface area contributed by atoms with E-state index in [1.54, 1.807) is 11.3 Å². The maximum absolute atomic E-state index is 12.6. The van der Waals surface area contributed by atoms with E-state index in [1.807, 2.05) is 0 Å². The molecule has 1 aromatic heterocycles. The Morgan fingerprint density at radius 3 is 2.95 bits per heavy atom. The van der Waals surface area contributed by atoms with Crippen molar-refractivity contribution in [2.45, 2.75) is 63.8 Å². The van der Waals surface area contributed by atoms with Crippen LogP contribution < -0.4 is 5.73 Å². The van der Waals surface area contributed by atoms with Crippen LogP contribution in [0.25, 0.3) is 0 Å². The standard InChI is InChI=1S/C17H27N3OS/c1-2-14-11-22-17(19-14)13-6-4-8-20(10-13)16(21)9-12-5-3-7-15(12)18/h11-13,15H,2-10,18H2,1H3/t12-,13?,15+/m0/s1. The number of aromatic nitrogens is 1. The number of nitrogens with zero attached hydrogens (tertiary/aromatic N) is 2. The van der Waals surface area contributed by atoms with Crippen molar-refractivity contribution in [1.82, 2.24) is 9.88 Å². The van der Waals surface area contributed by atoms with Gasteiger partial charge in [-0.05, 0) is 38.0 Å². The van der Waals surface area contributed by atoms with E-state index in [0.717, 1.165) is 45.2 Å². The lowest BCUT2D eigenvalue weighted by Gasteiger charge is -2.33. The highest BCUT2D eigenvalue weighted by Gasteiger charge is 2.31. The Morgan fingerprint density at radius 2 is 2.27 bits per heavy atom. The van der Waals surface area contributed by atoms with E-state index in [0.29, 0.717) is 24.2 Å². The second-order valence-electron chi connectivity index (χ2n) is 6.77. The van der Waals surface area contributed by atoms with E-state index in [4.69, 9.17) is 10.7 Å². The molecule has 1 aromatic rings. The van der Waals surface area contributed by atoms with Crippen LogP contribution in [0.5, 0.6) is 0 Å². The van der Waals surface area contributed by atoms with Crippen LogP contribution in [0.2, 0.25) is 0 Å². The quantitative estimate of drug-likeness (QED) is 0.927. The van der Waals surface area contributed by atoms with Gasteiger partial charge in [0, 0.05) is 36.9 Å². The number of amides is 1. The Morgan fingerprint density at radius 1 is 1.41 bits per heavy atom. The first-order chi connectivity index (χ1) is 10.7. The Bertz CT molecular complexity index is 516. The lowest BCUT2D eigenvalue weighted by atomic mass is 9.95. The van der Waals surface area contributed by atoms with Gasteiger partial charge in [0.05, 0.1) is 10.7 Å². The topological polar surface area (TPSA) is 59.2 Å². The van der Waals surface area contributed by atoms with Crippen molar-refractivity contribution < 1.29 is 4.79 Å². The Hall–Kier alpha value is -0.940. The van der Waals surface area contributed by atoms with Gasteiger partial charge in [-0.15, -0.1) is 11.3 Å². The van der Waals surface area contributed by atoms with Crippen molar-refractivity contribution in [3.8, 4) is 0 Å². The average Bonchev–Trinajstić information content (AvgIpc) is 3.17. The van der Waals surface area contributed by atoms with E-state index >= 15 is 0 Å². The minimum atomic E-state index is 0.232. The Balaban J connectivity index is 1.58. The fourth-order valence-electron chi connectivity index (χ4n) is 3.75. The molecule has 1 amide bonds. The normalized spacial score (nSPS) is 29.0. The van der Waals surface area contributed by atoms with E-state index in [9.17, 15) is 4.79 Å². The third-order valence-corrected chi connectivity index (χ3v) is 6.27. The zero-order chi connectivity index (χ0) is 15.5. The second-order valence-corrected chi connectivity index (χ2v) is 7.66. The van der Waals surface area contributed by atoms with Gasteiger partial charge < -0.3 is 10.6 Å². The third-order valence-electron chi connectivity index (χ3n) is 5.21. The van der Waals surface area contributed by atoms with Crippen LogP contribution in [-0.4, -0.2) is 34.9 Å². The van der Waals surface area contributed by atoms with Crippen LogP contribution in [0.15, 0.2) is 5.38 Å². The SMILES string of the molecule is CCc1csc(C2CCCN(C(=O)C[C@@H]3CCC[C@H]3N)C2)n1. The summed E-state index contributed by atoms with van der Waals surface area (Å²) in [5, 5.41) is 3.38. The smallest absolute Gasteiger partial charge is 0.222 e. The molecule has 0 spiro atoms. The number of thiazole rings is 1. The first-order valence-electron chi connectivity index (χ1n) is 8.65. The summed E-state index contributed by atoms with van der Waals surface area (Å²) in [5.74, 6) is 1.14. The minimum absolute atomic E-state index is 0.232. The number of rotatable bonds is 4. The van der Waals surface area contributed by atoms with Crippen molar-refractivity contribution in [1.29, 1.82) is 0 Å². The fourth-order valence-corrected chi connectivity index (χ4v) is 4.78. The summed E-state index contributed by atoms with van der Waals surface area (Å²) < 4.78 is 0. The Labute approximate surface area is 137 Å². The van der Waals surface area contributed by atoms with Crippen molar-refractivity contribution >= 4 is 17.2 Å². The number of aryl methyl sites for hydroxylation is 1. The molecule has 1 aliphatic heterocycles. The molecule has 22 heavy (non-hydrogen) atoms. The van der Waals surface area contributed by atoms with Gasteiger partial charge in [0.2, 0.25) is 5.91 Å². The number of carbonyl (C=O) groups is 1. The van der Waals surface area contributed by atoms with Gasteiger partial charge >= 0.3 is 0 Å².